The number of benzene rings is 1. The number of aromatic nitrogens is 1. The fraction of sp³-hybridized carbons (Fsp3) is 0.435. The van der Waals surface area contributed by atoms with Gasteiger partial charge in [0.2, 0.25) is 0 Å². The van der Waals surface area contributed by atoms with Crippen LogP contribution in [-0.2, 0) is 5.92 Å². The first-order chi connectivity index (χ1) is 12.7. The Hall–Kier alpha value is -2.23. The number of rotatable bonds is 4. The minimum atomic E-state index is -2.94. The Kier molecular flexibility index (Phi) is 7.11. The van der Waals surface area contributed by atoms with Crippen LogP contribution in [0.4, 0.5) is 14.5 Å². The molecule has 0 spiro atoms. The van der Waals surface area contributed by atoms with E-state index in [1.54, 1.807) is 0 Å². The zero-order valence-corrected chi connectivity index (χ0v) is 16.5. The molecule has 4 heteroatoms. The minimum absolute atomic E-state index is 0.00926. The number of nitrogen functional groups attached to an aromatic ring is 1. The molecule has 2 N–H and O–H groups in total. The maximum absolute atomic E-state index is 12.9. The topological polar surface area (TPSA) is 38.9 Å². The predicted octanol–water partition coefficient (Wildman–Crippen LogP) is 6.71. The largest absolute Gasteiger partial charge is 0.397 e. The first kappa shape index (κ1) is 21.1. The lowest BCUT2D eigenvalue weighted by molar-refractivity contribution is 0.0182. The number of nitrogens with two attached hydrogens (primary N) is 1. The van der Waals surface area contributed by atoms with Gasteiger partial charge >= 0.3 is 0 Å². The molecule has 1 saturated carbocycles. The van der Waals surface area contributed by atoms with E-state index < -0.39 is 5.92 Å². The highest BCUT2D eigenvalue weighted by atomic mass is 19.3. The summed E-state index contributed by atoms with van der Waals surface area (Å²) in [5.41, 5.74) is 8.44. The van der Waals surface area contributed by atoms with E-state index in [9.17, 15) is 8.78 Å². The van der Waals surface area contributed by atoms with Gasteiger partial charge in [0.05, 0.1) is 11.4 Å². The molecule has 1 aromatic heterocycles. The Bertz CT molecular complexity index is 742. The standard InChI is InChI=1S/C14H20.C9H10F2N2/c1-11-7-9-14(10-8-11)12(2)13-5-3-4-6-13;1-3-7-8(12)6(4-5-13-7)9(2,10)11/h7-10,12-13H,3-6H2,1-2H3;3-5H,1,12H2,2H3. The van der Waals surface area contributed by atoms with Crippen molar-refractivity contribution in [2.24, 2.45) is 5.92 Å². The van der Waals surface area contributed by atoms with Crippen molar-refractivity contribution >= 4 is 11.8 Å². The molecule has 0 bridgehead atoms. The van der Waals surface area contributed by atoms with Crippen molar-refractivity contribution in [3.05, 3.63) is 65.5 Å². The van der Waals surface area contributed by atoms with Crippen molar-refractivity contribution in [2.45, 2.75) is 58.3 Å². The van der Waals surface area contributed by atoms with E-state index in [4.69, 9.17) is 5.73 Å². The van der Waals surface area contributed by atoms with Gasteiger partial charge in [-0.05, 0) is 49.3 Å². The Morgan fingerprint density at radius 2 is 1.78 bits per heavy atom. The molecule has 1 fully saturated rings. The summed E-state index contributed by atoms with van der Waals surface area (Å²) in [5.74, 6) is -1.24. The lowest BCUT2D eigenvalue weighted by Crippen LogP contribution is -2.11. The monoisotopic (exact) mass is 372 g/mol. The fourth-order valence-electron chi connectivity index (χ4n) is 3.63. The van der Waals surface area contributed by atoms with E-state index in [0.717, 1.165) is 18.8 Å². The van der Waals surface area contributed by atoms with Crippen LogP contribution < -0.4 is 5.73 Å². The molecular formula is C23H30F2N2. The summed E-state index contributed by atoms with van der Waals surface area (Å²) < 4.78 is 25.8. The number of anilines is 1. The molecule has 2 nitrogen and oxygen atoms in total. The molecule has 0 aliphatic heterocycles. The third kappa shape index (κ3) is 5.62. The summed E-state index contributed by atoms with van der Waals surface area (Å²) in [7, 11) is 0. The average molecular weight is 373 g/mol. The van der Waals surface area contributed by atoms with Crippen LogP contribution in [0.15, 0.2) is 43.1 Å². The number of halogens is 2. The molecule has 146 valence electrons. The molecule has 1 atom stereocenters. The summed E-state index contributed by atoms with van der Waals surface area (Å²) >= 11 is 0. The van der Waals surface area contributed by atoms with Gasteiger partial charge in [0.1, 0.15) is 0 Å². The van der Waals surface area contributed by atoms with Crippen molar-refractivity contribution in [3.63, 3.8) is 0 Å². The van der Waals surface area contributed by atoms with Crippen LogP contribution in [0.5, 0.6) is 0 Å². The normalized spacial score (nSPS) is 15.7. The van der Waals surface area contributed by atoms with Gasteiger partial charge in [-0.1, -0.05) is 56.2 Å². The maximum Gasteiger partial charge on any atom is 0.272 e. The van der Waals surface area contributed by atoms with Crippen molar-refractivity contribution in [3.8, 4) is 0 Å². The molecule has 0 radical (unpaired) electrons. The van der Waals surface area contributed by atoms with Crippen molar-refractivity contribution in [1.82, 2.24) is 4.98 Å². The second-order valence-electron chi connectivity index (χ2n) is 7.49. The van der Waals surface area contributed by atoms with Crippen LogP contribution in [0.3, 0.4) is 0 Å². The fourth-order valence-corrected chi connectivity index (χ4v) is 3.63. The average Bonchev–Trinajstić information content (AvgIpc) is 3.16. The van der Waals surface area contributed by atoms with Gasteiger partial charge < -0.3 is 5.73 Å². The van der Waals surface area contributed by atoms with Crippen LogP contribution in [0.25, 0.3) is 6.08 Å². The van der Waals surface area contributed by atoms with Gasteiger partial charge in [-0.25, -0.2) is 8.78 Å². The van der Waals surface area contributed by atoms with Gasteiger partial charge in [0.25, 0.3) is 5.92 Å². The molecule has 0 amide bonds. The second-order valence-corrected chi connectivity index (χ2v) is 7.49. The lowest BCUT2D eigenvalue weighted by Gasteiger charge is -2.19. The predicted molar refractivity (Wildman–Crippen MR) is 110 cm³/mol. The number of aryl methyl sites for hydroxylation is 1. The van der Waals surface area contributed by atoms with Crippen LogP contribution in [0.1, 0.15) is 67.8 Å². The molecule has 1 heterocycles. The third-order valence-electron chi connectivity index (χ3n) is 5.40. The first-order valence-electron chi connectivity index (χ1n) is 9.55. The number of hydrogen-bond acceptors (Lipinski definition) is 2. The van der Waals surface area contributed by atoms with Crippen molar-refractivity contribution < 1.29 is 8.78 Å². The van der Waals surface area contributed by atoms with E-state index in [1.165, 1.54) is 55.1 Å². The highest BCUT2D eigenvalue weighted by Gasteiger charge is 2.27. The zero-order valence-electron chi connectivity index (χ0n) is 16.5. The zero-order chi connectivity index (χ0) is 20.0. The lowest BCUT2D eigenvalue weighted by atomic mass is 9.86. The summed E-state index contributed by atoms with van der Waals surface area (Å²) in [5, 5.41) is 0. The quantitative estimate of drug-likeness (QED) is 0.648. The van der Waals surface area contributed by atoms with Crippen LogP contribution in [0, 0.1) is 12.8 Å². The molecule has 1 aliphatic rings. The maximum atomic E-state index is 12.9. The van der Waals surface area contributed by atoms with Gasteiger partial charge in [-0.3, -0.25) is 4.98 Å². The highest BCUT2D eigenvalue weighted by Crippen LogP contribution is 2.36. The number of alkyl halides is 2. The summed E-state index contributed by atoms with van der Waals surface area (Å²) in [6.07, 6.45) is 8.41. The van der Waals surface area contributed by atoms with Gasteiger partial charge in [-0.15, -0.1) is 0 Å². The van der Waals surface area contributed by atoms with Crippen LogP contribution in [0.2, 0.25) is 0 Å². The molecule has 1 aromatic carbocycles. The second kappa shape index (κ2) is 9.12. The van der Waals surface area contributed by atoms with Crippen molar-refractivity contribution in [1.29, 1.82) is 0 Å². The van der Waals surface area contributed by atoms with Crippen LogP contribution >= 0.6 is 0 Å². The molecule has 27 heavy (non-hydrogen) atoms. The van der Waals surface area contributed by atoms with Gasteiger partial charge in [0, 0.05) is 18.7 Å². The van der Waals surface area contributed by atoms with E-state index in [-0.39, 0.29) is 11.3 Å². The smallest absolute Gasteiger partial charge is 0.272 e. The van der Waals surface area contributed by atoms with Crippen LogP contribution in [-0.4, -0.2) is 4.98 Å². The third-order valence-corrected chi connectivity index (χ3v) is 5.40. The molecule has 3 rings (SSSR count). The molecule has 1 unspecified atom stereocenters. The van der Waals surface area contributed by atoms with E-state index >= 15 is 0 Å². The Morgan fingerprint density at radius 1 is 1.19 bits per heavy atom. The Labute approximate surface area is 161 Å². The number of nitrogens with zero attached hydrogens (tertiary/aromatic N) is 1. The summed E-state index contributed by atoms with van der Waals surface area (Å²) in [6, 6.07) is 10.3. The summed E-state index contributed by atoms with van der Waals surface area (Å²) in [4.78, 5) is 3.79. The van der Waals surface area contributed by atoms with Crippen molar-refractivity contribution in [2.75, 3.05) is 5.73 Å². The molecule has 2 aromatic rings. The molecule has 0 saturated heterocycles. The van der Waals surface area contributed by atoms with Gasteiger partial charge in [0.15, 0.2) is 0 Å². The van der Waals surface area contributed by atoms with Gasteiger partial charge in [-0.2, -0.15) is 0 Å². The Morgan fingerprint density at radius 3 is 2.30 bits per heavy atom. The molecule has 1 aliphatic carbocycles. The highest BCUT2D eigenvalue weighted by molar-refractivity contribution is 5.63. The van der Waals surface area contributed by atoms with E-state index in [1.807, 2.05) is 0 Å². The first-order valence-corrected chi connectivity index (χ1v) is 9.55. The number of pyridine rings is 1. The Balaban J connectivity index is 0.000000194. The minimum Gasteiger partial charge on any atom is -0.397 e. The number of hydrogen-bond donors (Lipinski definition) is 1. The summed E-state index contributed by atoms with van der Waals surface area (Å²) in [6.45, 7) is 8.77. The molecular weight excluding hydrogens is 342 g/mol. The SMILES string of the molecule is C=Cc1nccc(C(C)(F)F)c1N.Cc1ccc(C(C)C2CCCC2)cc1. The van der Waals surface area contributed by atoms with E-state index in [0.29, 0.717) is 5.69 Å². The van der Waals surface area contributed by atoms with E-state index in [2.05, 4.69) is 49.7 Å².